The molecule has 0 aromatic carbocycles. The van der Waals surface area contributed by atoms with E-state index in [0.29, 0.717) is 13.0 Å². The molecule has 0 saturated carbocycles. The van der Waals surface area contributed by atoms with Gasteiger partial charge in [-0.1, -0.05) is 25.4 Å². The van der Waals surface area contributed by atoms with Gasteiger partial charge in [-0.05, 0) is 30.4 Å². The highest BCUT2D eigenvalue weighted by Gasteiger charge is 2.22. The molecule has 1 aromatic rings. The van der Waals surface area contributed by atoms with E-state index >= 15 is 0 Å². The molecule has 1 rings (SSSR count). The van der Waals surface area contributed by atoms with Gasteiger partial charge in [0.05, 0.1) is 0 Å². The molecule has 0 saturated heterocycles. The minimum atomic E-state index is -3.57. The van der Waals surface area contributed by atoms with Crippen LogP contribution in [-0.2, 0) is 10.0 Å². The van der Waals surface area contributed by atoms with Gasteiger partial charge in [-0.15, -0.1) is 0 Å². The van der Waals surface area contributed by atoms with Gasteiger partial charge in [0.25, 0.3) is 0 Å². The molecule has 0 spiro atoms. The third-order valence-electron chi connectivity index (χ3n) is 2.76. The molecule has 1 aromatic heterocycles. The Labute approximate surface area is 119 Å². The Morgan fingerprint density at radius 3 is 2.63 bits per heavy atom. The Bertz CT molecular complexity index is 500. The lowest BCUT2D eigenvalue weighted by atomic mass is 9.88. The van der Waals surface area contributed by atoms with Gasteiger partial charge in [0.2, 0.25) is 10.0 Å². The van der Waals surface area contributed by atoms with Crippen LogP contribution in [0.5, 0.6) is 0 Å². The molecule has 0 aliphatic heterocycles. The van der Waals surface area contributed by atoms with Crippen molar-refractivity contribution in [3.63, 3.8) is 0 Å². The number of hydrogen-bond donors (Lipinski definition) is 2. The molecule has 0 aliphatic rings. The summed E-state index contributed by atoms with van der Waals surface area (Å²) in [5.41, 5.74) is -0.213. The third kappa shape index (κ3) is 5.44. The molecule has 0 aliphatic carbocycles. The van der Waals surface area contributed by atoms with Crippen LogP contribution in [0, 0.1) is 5.41 Å². The molecular formula is C12H19ClN2O3S. The Morgan fingerprint density at radius 1 is 1.42 bits per heavy atom. The second-order valence-corrected chi connectivity index (χ2v) is 7.29. The molecule has 5 nitrogen and oxygen atoms in total. The van der Waals surface area contributed by atoms with E-state index in [2.05, 4.69) is 9.71 Å². The smallest absolute Gasteiger partial charge is 0.242 e. The number of halogens is 1. The molecule has 108 valence electrons. The zero-order valence-corrected chi connectivity index (χ0v) is 12.6. The zero-order valence-electron chi connectivity index (χ0n) is 11.1. The Balaban J connectivity index is 2.68. The Morgan fingerprint density at radius 2 is 2.11 bits per heavy atom. The summed E-state index contributed by atoms with van der Waals surface area (Å²) in [7, 11) is -3.57. The molecule has 0 bridgehead atoms. The lowest BCUT2D eigenvalue weighted by molar-refractivity contribution is 0.242. The van der Waals surface area contributed by atoms with E-state index in [9.17, 15) is 8.42 Å². The first kappa shape index (κ1) is 16.4. The molecule has 0 atom stereocenters. The van der Waals surface area contributed by atoms with Gasteiger partial charge in [0, 0.05) is 19.3 Å². The molecule has 0 amide bonds. The van der Waals surface area contributed by atoms with Crippen molar-refractivity contribution in [2.45, 2.75) is 31.6 Å². The number of pyridine rings is 1. The van der Waals surface area contributed by atoms with Crippen LogP contribution >= 0.6 is 11.6 Å². The fourth-order valence-corrected chi connectivity index (χ4v) is 2.84. The minimum absolute atomic E-state index is 0.0925. The SMILES string of the molecule is CC(C)(CCCO)CNS(=O)(=O)c1ccc(Cl)nc1. The summed E-state index contributed by atoms with van der Waals surface area (Å²) in [6.07, 6.45) is 2.62. The van der Waals surface area contributed by atoms with Gasteiger partial charge in [0.15, 0.2) is 0 Å². The van der Waals surface area contributed by atoms with Crippen LogP contribution in [0.4, 0.5) is 0 Å². The number of aliphatic hydroxyl groups excluding tert-OH is 1. The average Bonchev–Trinajstić information content (AvgIpc) is 2.35. The van der Waals surface area contributed by atoms with Crippen molar-refractivity contribution in [1.29, 1.82) is 0 Å². The zero-order chi connectivity index (χ0) is 14.5. The lowest BCUT2D eigenvalue weighted by Gasteiger charge is -2.24. The maximum Gasteiger partial charge on any atom is 0.242 e. The second kappa shape index (κ2) is 6.65. The van der Waals surface area contributed by atoms with Gasteiger partial charge in [-0.25, -0.2) is 18.1 Å². The first-order valence-electron chi connectivity index (χ1n) is 5.99. The van der Waals surface area contributed by atoms with E-state index in [1.165, 1.54) is 18.3 Å². The van der Waals surface area contributed by atoms with E-state index in [1.54, 1.807) is 0 Å². The predicted octanol–water partition coefficient (Wildman–Crippen LogP) is 1.81. The van der Waals surface area contributed by atoms with Crippen LogP contribution in [-0.4, -0.2) is 31.7 Å². The lowest BCUT2D eigenvalue weighted by Crippen LogP contribution is -2.34. The van der Waals surface area contributed by atoms with E-state index in [4.69, 9.17) is 16.7 Å². The van der Waals surface area contributed by atoms with Crippen LogP contribution < -0.4 is 4.72 Å². The molecule has 0 fully saturated rings. The van der Waals surface area contributed by atoms with E-state index in [1.807, 2.05) is 13.8 Å². The van der Waals surface area contributed by atoms with Crippen LogP contribution in [0.1, 0.15) is 26.7 Å². The van der Waals surface area contributed by atoms with Crippen molar-refractivity contribution in [3.05, 3.63) is 23.5 Å². The summed E-state index contributed by atoms with van der Waals surface area (Å²) in [5.74, 6) is 0. The number of rotatable bonds is 7. The number of aliphatic hydroxyl groups is 1. The summed E-state index contributed by atoms with van der Waals surface area (Å²) in [5, 5.41) is 9.05. The molecule has 1 heterocycles. The monoisotopic (exact) mass is 306 g/mol. The highest BCUT2D eigenvalue weighted by Crippen LogP contribution is 2.22. The molecule has 7 heteroatoms. The van der Waals surface area contributed by atoms with Gasteiger partial charge in [-0.2, -0.15) is 0 Å². The molecule has 0 unspecified atom stereocenters. The maximum atomic E-state index is 12.0. The van der Waals surface area contributed by atoms with E-state index in [-0.39, 0.29) is 22.1 Å². The average molecular weight is 307 g/mol. The van der Waals surface area contributed by atoms with E-state index < -0.39 is 10.0 Å². The van der Waals surface area contributed by atoms with Crippen LogP contribution in [0.3, 0.4) is 0 Å². The van der Waals surface area contributed by atoms with Gasteiger partial charge in [0.1, 0.15) is 10.0 Å². The van der Waals surface area contributed by atoms with Crippen molar-refractivity contribution in [2.75, 3.05) is 13.2 Å². The summed E-state index contributed by atoms with van der Waals surface area (Å²) in [6.45, 7) is 4.31. The largest absolute Gasteiger partial charge is 0.396 e. The first-order chi connectivity index (χ1) is 8.77. The van der Waals surface area contributed by atoms with Crippen molar-refractivity contribution in [1.82, 2.24) is 9.71 Å². The van der Waals surface area contributed by atoms with Crippen LogP contribution in [0.2, 0.25) is 5.15 Å². The number of nitrogens with zero attached hydrogens (tertiary/aromatic N) is 1. The van der Waals surface area contributed by atoms with Crippen molar-refractivity contribution in [3.8, 4) is 0 Å². The van der Waals surface area contributed by atoms with Gasteiger partial charge in [-0.3, -0.25) is 0 Å². The number of aromatic nitrogens is 1. The van der Waals surface area contributed by atoms with Crippen molar-refractivity contribution >= 4 is 21.6 Å². The van der Waals surface area contributed by atoms with Gasteiger partial charge < -0.3 is 5.11 Å². The quantitative estimate of drug-likeness (QED) is 0.753. The highest BCUT2D eigenvalue weighted by atomic mass is 35.5. The number of sulfonamides is 1. The number of nitrogens with one attached hydrogen (secondary N) is 1. The van der Waals surface area contributed by atoms with E-state index in [0.717, 1.165) is 6.42 Å². The summed E-state index contributed by atoms with van der Waals surface area (Å²) >= 11 is 5.62. The predicted molar refractivity (Wildman–Crippen MR) is 74.5 cm³/mol. The minimum Gasteiger partial charge on any atom is -0.396 e. The summed E-state index contributed by atoms with van der Waals surface area (Å²) < 4.78 is 26.6. The second-order valence-electron chi connectivity index (χ2n) is 5.13. The molecule has 2 N–H and O–H groups in total. The van der Waals surface area contributed by atoms with Crippen molar-refractivity contribution in [2.24, 2.45) is 5.41 Å². The third-order valence-corrected chi connectivity index (χ3v) is 4.37. The topological polar surface area (TPSA) is 79.3 Å². The standard InChI is InChI=1S/C12H19ClN2O3S/c1-12(2,6-3-7-16)9-15-19(17,18)10-4-5-11(13)14-8-10/h4-5,8,15-16H,3,6-7,9H2,1-2H3. The fourth-order valence-electron chi connectivity index (χ4n) is 1.54. The van der Waals surface area contributed by atoms with Gasteiger partial charge >= 0.3 is 0 Å². The highest BCUT2D eigenvalue weighted by molar-refractivity contribution is 7.89. The summed E-state index contributed by atoms with van der Waals surface area (Å²) in [4.78, 5) is 3.85. The molecule has 0 radical (unpaired) electrons. The van der Waals surface area contributed by atoms with Crippen LogP contribution in [0.15, 0.2) is 23.2 Å². The normalized spacial score (nSPS) is 12.6. The Kier molecular flexibility index (Phi) is 5.73. The summed E-state index contributed by atoms with van der Waals surface area (Å²) in [6, 6.07) is 2.85. The maximum absolute atomic E-state index is 12.0. The Hall–Kier alpha value is -0.690. The number of hydrogen-bond acceptors (Lipinski definition) is 4. The molecular weight excluding hydrogens is 288 g/mol. The first-order valence-corrected chi connectivity index (χ1v) is 7.85. The van der Waals surface area contributed by atoms with Crippen LogP contribution in [0.25, 0.3) is 0 Å². The molecule has 19 heavy (non-hydrogen) atoms. The fraction of sp³-hybridized carbons (Fsp3) is 0.583. The van der Waals surface area contributed by atoms with Crippen molar-refractivity contribution < 1.29 is 13.5 Å².